The van der Waals surface area contributed by atoms with Crippen LogP contribution in [-0.4, -0.2) is 42.3 Å². The summed E-state index contributed by atoms with van der Waals surface area (Å²) in [6.45, 7) is 2.00. The molecule has 1 aliphatic heterocycles. The maximum atomic E-state index is 11.3. The van der Waals surface area contributed by atoms with Crippen LogP contribution >= 0.6 is 0 Å². The Morgan fingerprint density at radius 3 is 3.00 bits per heavy atom. The highest BCUT2D eigenvalue weighted by molar-refractivity contribution is 5.91. The highest BCUT2D eigenvalue weighted by Gasteiger charge is 2.13. The van der Waals surface area contributed by atoms with Crippen molar-refractivity contribution >= 4 is 11.7 Å². The predicted molar refractivity (Wildman–Crippen MR) is 69.6 cm³/mol. The van der Waals surface area contributed by atoms with E-state index in [0.717, 1.165) is 19.5 Å². The van der Waals surface area contributed by atoms with Gasteiger partial charge >= 0.3 is 0 Å². The first-order chi connectivity index (χ1) is 8.79. The minimum absolute atomic E-state index is 0.218. The first-order valence-electron chi connectivity index (χ1n) is 6.32. The molecule has 1 aromatic heterocycles. The van der Waals surface area contributed by atoms with Crippen LogP contribution in [0.25, 0.3) is 0 Å². The number of hydrogen-bond donors (Lipinski definition) is 3. The molecule has 0 spiro atoms. The van der Waals surface area contributed by atoms with Gasteiger partial charge in [-0.2, -0.15) is 0 Å². The lowest BCUT2D eigenvalue weighted by Crippen LogP contribution is -2.24. The largest absolute Gasteiger partial charge is 0.369 e. The van der Waals surface area contributed by atoms with E-state index in [1.54, 1.807) is 19.2 Å². The standard InChI is InChI=1S/C12H19N5O/c1-13-12(18)10-4-5-11(17-16-10)15-8-6-9-3-2-7-14-9/h4-5,9,14H,2-3,6-8H2,1H3,(H,13,18)(H,15,17)/t9-/m1/s1. The van der Waals surface area contributed by atoms with Crippen molar-refractivity contribution in [1.29, 1.82) is 0 Å². The van der Waals surface area contributed by atoms with Crippen LogP contribution in [0.3, 0.4) is 0 Å². The molecule has 1 fully saturated rings. The molecule has 1 aromatic rings. The van der Waals surface area contributed by atoms with Crippen molar-refractivity contribution in [2.24, 2.45) is 0 Å². The fourth-order valence-electron chi connectivity index (χ4n) is 2.05. The Morgan fingerprint density at radius 2 is 2.39 bits per heavy atom. The van der Waals surface area contributed by atoms with E-state index in [0.29, 0.717) is 17.6 Å². The average Bonchev–Trinajstić information content (AvgIpc) is 2.92. The molecule has 18 heavy (non-hydrogen) atoms. The monoisotopic (exact) mass is 249 g/mol. The van der Waals surface area contributed by atoms with E-state index in [1.165, 1.54) is 12.8 Å². The Morgan fingerprint density at radius 1 is 1.50 bits per heavy atom. The van der Waals surface area contributed by atoms with Crippen LogP contribution in [0.15, 0.2) is 12.1 Å². The zero-order valence-electron chi connectivity index (χ0n) is 10.6. The number of hydrogen-bond acceptors (Lipinski definition) is 5. The number of aromatic nitrogens is 2. The van der Waals surface area contributed by atoms with E-state index in [9.17, 15) is 4.79 Å². The molecule has 3 N–H and O–H groups in total. The fraction of sp³-hybridized carbons (Fsp3) is 0.583. The smallest absolute Gasteiger partial charge is 0.271 e. The van der Waals surface area contributed by atoms with Gasteiger partial charge in [-0.3, -0.25) is 4.79 Å². The van der Waals surface area contributed by atoms with Crippen LogP contribution in [0, 0.1) is 0 Å². The van der Waals surface area contributed by atoms with Crippen molar-refractivity contribution in [3.63, 3.8) is 0 Å². The summed E-state index contributed by atoms with van der Waals surface area (Å²) in [5.41, 5.74) is 0.334. The second kappa shape index (κ2) is 6.30. The molecule has 0 saturated carbocycles. The van der Waals surface area contributed by atoms with Gasteiger partial charge in [0.25, 0.3) is 5.91 Å². The molecule has 1 atom stereocenters. The number of carbonyl (C=O) groups is 1. The molecule has 0 unspecified atom stereocenters. The summed E-state index contributed by atoms with van der Waals surface area (Å²) in [7, 11) is 1.57. The summed E-state index contributed by atoms with van der Waals surface area (Å²) in [6.07, 6.45) is 3.60. The van der Waals surface area contributed by atoms with Crippen molar-refractivity contribution in [2.45, 2.75) is 25.3 Å². The summed E-state index contributed by atoms with van der Waals surface area (Å²) in [5.74, 6) is 0.491. The zero-order chi connectivity index (χ0) is 12.8. The van der Waals surface area contributed by atoms with Crippen molar-refractivity contribution in [2.75, 3.05) is 25.5 Å². The van der Waals surface area contributed by atoms with Gasteiger partial charge in [-0.15, -0.1) is 10.2 Å². The molecule has 1 saturated heterocycles. The molecule has 2 heterocycles. The van der Waals surface area contributed by atoms with Crippen molar-refractivity contribution in [3.8, 4) is 0 Å². The van der Waals surface area contributed by atoms with Gasteiger partial charge in [0.2, 0.25) is 0 Å². The van der Waals surface area contributed by atoms with Gasteiger partial charge in [0.05, 0.1) is 0 Å². The number of amides is 1. The first kappa shape index (κ1) is 12.8. The van der Waals surface area contributed by atoms with Crippen LogP contribution < -0.4 is 16.0 Å². The number of nitrogens with zero attached hydrogens (tertiary/aromatic N) is 2. The molecule has 0 aromatic carbocycles. The lowest BCUT2D eigenvalue weighted by Gasteiger charge is -2.10. The van der Waals surface area contributed by atoms with Crippen molar-refractivity contribution in [1.82, 2.24) is 20.8 Å². The van der Waals surface area contributed by atoms with E-state index in [-0.39, 0.29) is 5.91 Å². The second-order valence-corrected chi connectivity index (χ2v) is 4.39. The third-order valence-corrected chi connectivity index (χ3v) is 3.09. The Bertz CT molecular complexity index is 386. The van der Waals surface area contributed by atoms with Gasteiger partial charge in [0, 0.05) is 19.6 Å². The zero-order valence-corrected chi connectivity index (χ0v) is 10.6. The number of anilines is 1. The average molecular weight is 249 g/mol. The fourth-order valence-corrected chi connectivity index (χ4v) is 2.05. The van der Waals surface area contributed by atoms with Gasteiger partial charge in [-0.1, -0.05) is 0 Å². The number of rotatable bonds is 5. The van der Waals surface area contributed by atoms with Crippen molar-refractivity contribution < 1.29 is 4.79 Å². The summed E-state index contributed by atoms with van der Waals surface area (Å²) in [6, 6.07) is 4.07. The minimum Gasteiger partial charge on any atom is -0.369 e. The van der Waals surface area contributed by atoms with Gasteiger partial charge in [0.15, 0.2) is 5.69 Å². The van der Waals surface area contributed by atoms with Crippen LogP contribution in [0.1, 0.15) is 29.8 Å². The Kier molecular flexibility index (Phi) is 4.46. The molecule has 1 aliphatic rings. The number of nitrogens with one attached hydrogen (secondary N) is 3. The normalized spacial score (nSPS) is 18.6. The van der Waals surface area contributed by atoms with Crippen LogP contribution in [0.4, 0.5) is 5.82 Å². The van der Waals surface area contributed by atoms with Gasteiger partial charge in [0.1, 0.15) is 5.82 Å². The maximum Gasteiger partial charge on any atom is 0.271 e. The Labute approximate surface area is 107 Å². The number of carbonyl (C=O) groups excluding carboxylic acids is 1. The summed E-state index contributed by atoms with van der Waals surface area (Å²) >= 11 is 0. The second-order valence-electron chi connectivity index (χ2n) is 4.39. The third kappa shape index (κ3) is 3.40. The molecule has 6 nitrogen and oxygen atoms in total. The third-order valence-electron chi connectivity index (χ3n) is 3.09. The molecule has 6 heteroatoms. The van der Waals surface area contributed by atoms with Crippen LogP contribution in [-0.2, 0) is 0 Å². The lowest BCUT2D eigenvalue weighted by molar-refractivity contribution is 0.0957. The molecule has 0 bridgehead atoms. The highest BCUT2D eigenvalue weighted by Crippen LogP contribution is 2.09. The molecule has 98 valence electrons. The Hall–Kier alpha value is -1.69. The molecule has 0 radical (unpaired) electrons. The Balaban J connectivity index is 1.77. The predicted octanol–water partition coefficient (Wildman–Crippen LogP) is 0.390. The van der Waals surface area contributed by atoms with E-state index < -0.39 is 0 Å². The van der Waals surface area contributed by atoms with Gasteiger partial charge in [-0.25, -0.2) is 0 Å². The van der Waals surface area contributed by atoms with Crippen LogP contribution in [0.2, 0.25) is 0 Å². The summed E-state index contributed by atoms with van der Waals surface area (Å²) in [4.78, 5) is 11.3. The first-order valence-corrected chi connectivity index (χ1v) is 6.32. The van der Waals surface area contributed by atoms with E-state index >= 15 is 0 Å². The van der Waals surface area contributed by atoms with Gasteiger partial charge < -0.3 is 16.0 Å². The maximum absolute atomic E-state index is 11.3. The minimum atomic E-state index is -0.218. The molecule has 1 amide bonds. The van der Waals surface area contributed by atoms with Gasteiger partial charge in [-0.05, 0) is 37.9 Å². The molecular formula is C12H19N5O. The van der Waals surface area contributed by atoms with E-state index in [4.69, 9.17) is 0 Å². The van der Waals surface area contributed by atoms with E-state index in [1.807, 2.05) is 0 Å². The summed E-state index contributed by atoms with van der Waals surface area (Å²) in [5, 5.41) is 17.0. The van der Waals surface area contributed by atoms with Crippen LogP contribution in [0.5, 0.6) is 0 Å². The molecule has 2 rings (SSSR count). The molecular weight excluding hydrogens is 230 g/mol. The lowest BCUT2D eigenvalue weighted by atomic mass is 10.1. The van der Waals surface area contributed by atoms with Crippen molar-refractivity contribution in [3.05, 3.63) is 17.8 Å². The molecule has 0 aliphatic carbocycles. The summed E-state index contributed by atoms with van der Waals surface area (Å²) < 4.78 is 0. The quantitative estimate of drug-likeness (QED) is 0.703. The topological polar surface area (TPSA) is 78.9 Å². The highest BCUT2D eigenvalue weighted by atomic mass is 16.1. The van der Waals surface area contributed by atoms with E-state index in [2.05, 4.69) is 26.1 Å². The SMILES string of the molecule is CNC(=O)c1ccc(NCC[C@H]2CCCN2)nn1.